The zero-order chi connectivity index (χ0) is 11.1. The smallest absolute Gasteiger partial charge is 0.229 e. The molecule has 82 valence electrons. The third-order valence-electron chi connectivity index (χ3n) is 2.41. The predicted molar refractivity (Wildman–Crippen MR) is 66.3 cm³/mol. The van der Waals surface area contributed by atoms with Gasteiger partial charge in [-0.05, 0) is 17.9 Å². The van der Waals surface area contributed by atoms with Crippen LogP contribution in [-0.2, 0) is 4.79 Å². The lowest BCUT2D eigenvalue weighted by Crippen LogP contribution is -2.26. The van der Waals surface area contributed by atoms with Crippen LogP contribution >= 0.6 is 12.6 Å². The summed E-state index contributed by atoms with van der Waals surface area (Å²) in [4.78, 5) is 10.9. The number of amides is 1. The van der Waals surface area contributed by atoms with E-state index in [-0.39, 0.29) is 11.7 Å². The quantitative estimate of drug-likeness (QED) is 0.736. The van der Waals surface area contributed by atoms with Gasteiger partial charge in [0, 0.05) is 6.54 Å². The van der Waals surface area contributed by atoms with E-state index in [1.165, 1.54) is 5.56 Å². The monoisotopic (exact) mass is 223 g/mol. The molecule has 1 atom stereocenters. The fourth-order valence-corrected chi connectivity index (χ4v) is 1.54. The normalized spacial score (nSPS) is 12.1. The molecule has 0 heterocycles. The Morgan fingerprint density at radius 2 is 2.07 bits per heavy atom. The minimum atomic E-state index is -0.00130. The number of hydrogen-bond donors (Lipinski definition) is 2. The average Bonchev–Trinajstić information content (AvgIpc) is 2.29. The molecular formula is C12H17NOS. The number of thiol groups is 1. The second-order valence-corrected chi connectivity index (χ2v) is 3.92. The first-order valence-corrected chi connectivity index (χ1v) is 5.79. The second kappa shape index (κ2) is 6.51. The summed E-state index contributed by atoms with van der Waals surface area (Å²) in [5.74, 6) is 0.740. The third-order valence-corrected chi connectivity index (χ3v) is 2.70. The zero-order valence-corrected chi connectivity index (χ0v) is 9.84. The number of rotatable bonds is 5. The highest BCUT2D eigenvalue weighted by Crippen LogP contribution is 2.17. The van der Waals surface area contributed by atoms with Crippen LogP contribution in [0, 0.1) is 0 Å². The molecule has 1 aromatic carbocycles. The van der Waals surface area contributed by atoms with E-state index in [4.69, 9.17) is 0 Å². The fraction of sp³-hybridized carbons (Fsp3) is 0.417. The van der Waals surface area contributed by atoms with Gasteiger partial charge in [0.2, 0.25) is 5.91 Å². The molecule has 2 nitrogen and oxygen atoms in total. The Labute approximate surface area is 96.5 Å². The first kappa shape index (κ1) is 12.1. The summed E-state index contributed by atoms with van der Waals surface area (Å²) in [7, 11) is 0. The van der Waals surface area contributed by atoms with E-state index in [2.05, 4.69) is 37.0 Å². The molecule has 0 radical (unpaired) electrons. The van der Waals surface area contributed by atoms with E-state index in [1.54, 1.807) is 0 Å². The van der Waals surface area contributed by atoms with Crippen LogP contribution in [-0.4, -0.2) is 18.2 Å². The summed E-state index contributed by atoms with van der Waals surface area (Å²) >= 11 is 3.90. The highest BCUT2D eigenvalue weighted by Gasteiger charge is 2.04. The SMILES string of the molecule is CC(CCNC(=O)CS)c1ccccc1. The van der Waals surface area contributed by atoms with Gasteiger partial charge in [0.05, 0.1) is 5.75 Å². The van der Waals surface area contributed by atoms with E-state index < -0.39 is 0 Å². The van der Waals surface area contributed by atoms with Crippen LogP contribution in [0.2, 0.25) is 0 Å². The van der Waals surface area contributed by atoms with Crippen molar-refractivity contribution >= 4 is 18.5 Å². The van der Waals surface area contributed by atoms with Gasteiger partial charge in [-0.15, -0.1) is 0 Å². The molecule has 0 saturated heterocycles. The first-order chi connectivity index (χ1) is 7.24. The third kappa shape index (κ3) is 4.38. The molecule has 1 unspecified atom stereocenters. The molecule has 0 saturated carbocycles. The number of benzene rings is 1. The maximum absolute atomic E-state index is 10.9. The van der Waals surface area contributed by atoms with Crippen molar-refractivity contribution in [1.29, 1.82) is 0 Å². The Balaban J connectivity index is 2.31. The standard InChI is InChI=1S/C12H17NOS/c1-10(7-8-13-12(14)9-15)11-5-3-2-4-6-11/h2-6,10,15H,7-9H2,1H3,(H,13,14). The molecule has 1 amide bonds. The highest BCUT2D eigenvalue weighted by atomic mass is 32.1. The molecule has 0 spiro atoms. The van der Waals surface area contributed by atoms with Gasteiger partial charge in [-0.25, -0.2) is 0 Å². The van der Waals surface area contributed by atoms with Crippen LogP contribution in [0.3, 0.4) is 0 Å². The van der Waals surface area contributed by atoms with Crippen molar-refractivity contribution in [3.63, 3.8) is 0 Å². The maximum atomic E-state index is 10.9. The van der Waals surface area contributed by atoms with Gasteiger partial charge < -0.3 is 5.32 Å². The second-order valence-electron chi connectivity index (χ2n) is 3.61. The largest absolute Gasteiger partial charge is 0.355 e. The lowest BCUT2D eigenvalue weighted by molar-refractivity contribution is -0.118. The Morgan fingerprint density at radius 1 is 1.40 bits per heavy atom. The van der Waals surface area contributed by atoms with Gasteiger partial charge in [-0.2, -0.15) is 12.6 Å². The summed E-state index contributed by atoms with van der Waals surface area (Å²) in [5, 5.41) is 2.82. The molecule has 0 aromatic heterocycles. The average molecular weight is 223 g/mol. The van der Waals surface area contributed by atoms with Crippen molar-refractivity contribution < 1.29 is 4.79 Å². The molecule has 1 N–H and O–H groups in total. The van der Waals surface area contributed by atoms with Gasteiger partial charge in [-0.3, -0.25) is 4.79 Å². The van der Waals surface area contributed by atoms with Crippen LogP contribution in [0.1, 0.15) is 24.8 Å². The van der Waals surface area contributed by atoms with Crippen molar-refractivity contribution in [2.45, 2.75) is 19.3 Å². The van der Waals surface area contributed by atoms with Gasteiger partial charge in [-0.1, -0.05) is 37.3 Å². The van der Waals surface area contributed by atoms with Crippen LogP contribution < -0.4 is 5.32 Å². The maximum Gasteiger partial charge on any atom is 0.229 e. The molecule has 0 aliphatic heterocycles. The molecule has 0 aliphatic carbocycles. The molecule has 0 fully saturated rings. The summed E-state index contributed by atoms with van der Waals surface area (Å²) in [5.41, 5.74) is 1.32. The topological polar surface area (TPSA) is 29.1 Å². The Kier molecular flexibility index (Phi) is 5.26. The fourth-order valence-electron chi connectivity index (χ4n) is 1.43. The van der Waals surface area contributed by atoms with E-state index >= 15 is 0 Å². The van der Waals surface area contributed by atoms with E-state index in [0.717, 1.165) is 13.0 Å². The first-order valence-electron chi connectivity index (χ1n) is 5.16. The van der Waals surface area contributed by atoms with Crippen LogP contribution in [0.15, 0.2) is 30.3 Å². The van der Waals surface area contributed by atoms with E-state index in [9.17, 15) is 4.79 Å². The number of hydrogen-bond acceptors (Lipinski definition) is 2. The number of carbonyl (C=O) groups is 1. The van der Waals surface area contributed by atoms with E-state index in [1.807, 2.05) is 18.2 Å². The highest BCUT2D eigenvalue weighted by molar-refractivity contribution is 7.81. The molecule has 15 heavy (non-hydrogen) atoms. The van der Waals surface area contributed by atoms with Gasteiger partial charge >= 0.3 is 0 Å². The lowest BCUT2D eigenvalue weighted by atomic mass is 9.98. The Hall–Kier alpha value is -0.960. The minimum absolute atomic E-state index is 0.00130. The molecule has 1 rings (SSSR count). The van der Waals surface area contributed by atoms with Crippen LogP contribution in [0.25, 0.3) is 0 Å². The van der Waals surface area contributed by atoms with Gasteiger partial charge in [0.15, 0.2) is 0 Å². The van der Waals surface area contributed by atoms with Crippen molar-refractivity contribution in [2.75, 3.05) is 12.3 Å². The lowest BCUT2D eigenvalue weighted by Gasteiger charge is -2.11. The predicted octanol–water partition coefficient (Wildman–Crippen LogP) is 2.23. The zero-order valence-electron chi connectivity index (χ0n) is 8.94. The molecule has 1 aromatic rings. The summed E-state index contributed by atoms with van der Waals surface area (Å²) in [6.07, 6.45) is 0.962. The van der Waals surface area contributed by atoms with Crippen molar-refractivity contribution in [3.8, 4) is 0 Å². The number of nitrogens with one attached hydrogen (secondary N) is 1. The van der Waals surface area contributed by atoms with Gasteiger partial charge in [0.25, 0.3) is 0 Å². The number of carbonyl (C=O) groups excluding carboxylic acids is 1. The Morgan fingerprint density at radius 3 is 2.67 bits per heavy atom. The summed E-state index contributed by atoms with van der Waals surface area (Å²) in [6.45, 7) is 2.89. The molecule has 0 aliphatic rings. The van der Waals surface area contributed by atoms with Crippen molar-refractivity contribution in [2.24, 2.45) is 0 Å². The summed E-state index contributed by atoms with van der Waals surface area (Å²) in [6, 6.07) is 10.3. The van der Waals surface area contributed by atoms with Crippen molar-refractivity contribution in [1.82, 2.24) is 5.32 Å². The van der Waals surface area contributed by atoms with Gasteiger partial charge in [0.1, 0.15) is 0 Å². The van der Waals surface area contributed by atoms with E-state index in [0.29, 0.717) is 5.92 Å². The van der Waals surface area contributed by atoms with Crippen LogP contribution in [0.4, 0.5) is 0 Å². The molecule has 3 heteroatoms. The molecular weight excluding hydrogens is 206 g/mol. The minimum Gasteiger partial charge on any atom is -0.355 e. The Bertz CT molecular complexity index is 300. The molecule has 0 bridgehead atoms. The van der Waals surface area contributed by atoms with Crippen LogP contribution in [0.5, 0.6) is 0 Å². The summed E-state index contributed by atoms with van der Waals surface area (Å²) < 4.78 is 0. The van der Waals surface area contributed by atoms with Crippen molar-refractivity contribution in [3.05, 3.63) is 35.9 Å².